The van der Waals surface area contributed by atoms with E-state index < -0.39 is 5.97 Å². The Morgan fingerprint density at radius 2 is 2.25 bits per heavy atom. The van der Waals surface area contributed by atoms with Crippen molar-refractivity contribution in [1.82, 2.24) is 5.32 Å². The maximum absolute atomic E-state index is 10.6. The second-order valence-electron chi connectivity index (χ2n) is 3.58. The third kappa shape index (κ3) is 1.19. The molecule has 0 bridgehead atoms. The van der Waals surface area contributed by atoms with Crippen molar-refractivity contribution in [3.63, 3.8) is 0 Å². The summed E-state index contributed by atoms with van der Waals surface area (Å²) in [5.74, 6) is -0.339. The highest BCUT2D eigenvalue weighted by molar-refractivity contribution is 5.86. The zero-order valence-corrected chi connectivity index (χ0v) is 6.92. The molecular formula is C9H13NO2. The van der Waals surface area contributed by atoms with Crippen molar-refractivity contribution < 1.29 is 9.90 Å². The molecule has 12 heavy (non-hydrogen) atoms. The van der Waals surface area contributed by atoms with Gasteiger partial charge in [0.2, 0.25) is 0 Å². The Hall–Kier alpha value is -0.990. The van der Waals surface area contributed by atoms with E-state index in [1.807, 2.05) is 6.08 Å². The average molecular weight is 167 g/mol. The van der Waals surface area contributed by atoms with Gasteiger partial charge in [0.1, 0.15) is 5.70 Å². The van der Waals surface area contributed by atoms with Crippen LogP contribution in [-0.2, 0) is 4.79 Å². The molecule has 1 heterocycles. The lowest BCUT2D eigenvalue weighted by atomic mass is 9.86. The number of carbonyl (C=O) groups is 1. The molecule has 1 fully saturated rings. The lowest BCUT2D eigenvalue weighted by Gasteiger charge is -2.24. The molecule has 2 rings (SSSR count). The topological polar surface area (TPSA) is 49.3 Å². The summed E-state index contributed by atoms with van der Waals surface area (Å²) < 4.78 is 0. The molecular weight excluding hydrogens is 154 g/mol. The molecule has 0 amide bonds. The molecule has 1 aliphatic carbocycles. The summed E-state index contributed by atoms with van der Waals surface area (Å²) in [4.78, 5) is 10.6. The highest BCUT2D eigenvalue weighted by atomic mass is 16.4. The van der Waals surface area contributed by atoms with Crippen molar-refractivity contribution >= 4 is 5.97 Å². The van der Waals surface area contributed by atoms with Crippen LogP contribution in [0.1, 0.15) is 25.7 Å². The third-order valence-corrected chi connectivity index (χ3v) is 2.77. The van der Waals surface area contributed by atoms with Crippen LogP contribution in [0, 0.1) is 5.92 Å². The third-order valence-electron chi connectivity index (χ3n) is 2.77. The Bertz CT molecular complexity index is 235. The molecule has 2 atom stereocenters. The maximum atomic E-state index is 10.6. The van der Waals surface area contributed by atoms with Crippen LogP contribution in [-0.4, -0.2) is 17.1 Å². The van der Waals surface area contributed by atoms with Gasteiger partial charge in [-0.2, -0.15) is 0 Å². The quantitative estimate of drug-likeness (QED) is 0.615. The Labute approximate surface area is 71.5 Å². The fourth-order valence-electron chi connectivity index (χ4n) is 2.13. The largest absolute Gasteiger partial charge is 0.477 e. The van der Waals surface area contributed by atoms with E-state index in [1.165, 1.54) is 12.8 Å². The fraction of sp³-hybridized carbons (Fsp3) is 0.667. The van der Waals surface area contributed by atoms with Gasteiger partial charge in [-0.15, -0.1) is 0 Å². The van der Waals surface area contributed by atoms with Gasteiger partial charge in [0.05, 0.1) is 0 Å². The summed E-state index contributed by atoms with van der Waals surface area (Å²) in [6.45, 7) is 0. The molecule has 3 nitrogen and oxygen atoms in total. The molecule has 1 aliphatic heterocycles. The van der Waals surface area contributed by atoms with Crippen molar-refractivity contribution in [3.05, 3.63) is 11.8 Å². The number of hydrogen-bond acceptors (Lipinski definition) is 2. The Morgan fingerprint density at radius 1 is 1.50 bits per heavy atom. The molecule has 0 saturated heterocycles. The molecule has 3 heteroatoms. The van der Waals surface area contributed by atoms with Gasteiger partial charge in [-0.25, -0.2) is 4.79 Å². The van der Waals surface area contributed by atoms with E-state index in [-0.39, 0.29) is 0 Å². The van der Waals surface area contributed by atoms with E-state index in [9.17, 15) is 4.79 Å². The second kappa shape index (κ2) is 2.81. The molecule has 0 radical (unpaired) electrons. The molecule has 0 aromatic rings. The highest BCUT2D eigenvalue weighted by Crippen LogP contribution is 2.30. The molecule has 66 valence electrons. The monoisotopic (exact) mass is 167 g/mol. The van der Waals surface area contributed by atoms with Crippen LogP contribution >= 0.6 is 0 Å². The molecule has 1 saturated carbocycles. The molecule has 2 aliphatic rings. The number of aliphatic carboxylic acids is 1. The number of nitrogens with one attached hydrogen (secondary N) is 1. The van der Waals surface area contributed by atoms with Gasteiger partial charge >= 0.3 is 5.97 Å². The normalized spacial score (nSPS) is 33.5. The average Bonchev–Trinajstić information content (AvgIpc) is 2.46. The Balaban J connectivity index is 2.09. The zero-order valence-electron chi connectivity index (χ0n) is 6.92. The van der Waals surface area contributed by atoms with Crippen molar-refractivity contribution in [2.75, 3.05) is 0 Å². The van der Waals surface area contributed by atoms with Crippen LogP contribution in [0.5, 0.6) is 0 Å². The van der Waals surface area contributed by atoms with Crippen LogP contribution in [0.15, 0.2) is 11.8 Å². The second-order valence-corrected chi connectivity index (χ2v) is 3.58. The van der Waals surface area contributed by atoms with Gasteiger partial charge < -0.3 is 10.4 Å². The van der Waals surface area contributed by atoms with Gasteiger partial charge in [0.15, 0.2) is 0 Å². The fourth-order valence-corrected chi connectivity index (χ4v) is 2.13. The lowest BCUT2D eigenvalue weighted by Crippen LogP contribution is -2.32. The zero-order chi connectivity index (χ0) is 8.55. The van der Waals surface area contributed by atoms with Crippen molar-refractivity contribution in [1.29, 1.82) is 0 Å². The van der Waals surface area contributed by atoms with Crippen LogP contribution in [0.25, 0.3) is 0 Å². The van der Waals surface area contributed by atoms with E-state index in [1.54, 1.807) is 0 Å². The smallest absolute Gasteiger partial charge is 0.351 e. The Kier molecular flexibility index (Phi) is 1.79. The van der Waals surface area contributed by atoms with Gasteiger partial charge in [0.25, 0.3) is 0 Å². The van der Waals surface area contributed by atoms with Crippen molar-refractivity contribution in [3.8, 4) is 0 Å². The van der Waals surface area contributed by atoms with E-state index in [2.05, 4.69) is 5.32 Å². The maximum Gasteiger partial charge on any atom is 0.351 e. The Morgan fingerprint density at radius 3 is 2.92 bits per heavy atom. The summed E-state index contributed by atoms with van der Waals surface area (Å²) in [5, 5.41) is 11.8. The summed E-state index contributed by atoms with van der Waals surface area (Å²) in [7, 11) is 0. The predicted octanol–water partition coefficient (Wildman–Crippen LogP) is 1.12. The lowest BCUT2D eigenvalue weighted by molar-refractivity contribution is -0.133. The minimum Gasteiger partial charge on any atom is -0.477 e. The van der Waals surface area contributed by atoms with Crippen LogP contribution in [0.2, 0.25) is 0 Å². The van der Waals surface area contributed by atoms with E-state index in [4.69, 9.17) is 5.11 Å². The standard InChI is InChI=1S/C9H13NO2/c11-9(12)8-5-6-3-1-2-4-7(6)10-8/h5-7,10H,1-4H2,(H,11,12). The van der Waals surface area contributed by atoms with E-state index >= 15 is 0 Å². The number of hydrogen-bond donors (Lipinski definition) is 2. The SMILES string of the molecule is O=C(O)C1=CC2CCCCC2N1. The summed E-state index contributed by atoms with van der Waals surface area (Å²) in [6, 6.07) is 0.407. The molecule has 0 aromatic heterocycles. The first kappa shape index (κ1) is 7.65. The minimum atomic E-state index is -0.815. The highest BCUT2D eigenvalue weighted by Gasteiger charge is 2.31. The summed E-state index contributed by atoms with van der Waals surface area (Å²) >= 11 is 0. The molecule has 0 aromatic carbocycles. The number of carboxylic acid groups (broad SMARTS) is 1. The predicted molar refractivity (Wildman–Crippen MR) is 44.6 cm³/mol. The summed E-state index contributed by atoms with van der Waals surface area (Å²) in [5.41, 5.74) is 0.409. The number of rotatable bonds is 1. The number of carboxylic acids is 1. The molecule has 0 spiro atoms. The summed E-state index contributed by atoms with van der Waals surface area (Å²) in [6.07, 6.45) is 6.62. The van der Waals surface area contributed by atoms with Gasteiger partial charge in [-0.05, 0) is 24.8 Å². The van der Waals surface area contributed by atoms with Crippen molar-refractivity contribution in [2.24, 2.45) is 5.92 Å². The van der Waals surface area contributed by atoms with Crippen LogP contribution < -0.4 is 5.32 Å². The van der Waals surface area contributed by atoms with Crippen LogP contribution in [0.4, 0.5) is 0 Å². The van der Waals surface area contributed by atoms with E-state index in [0.717, 1.165) is 12.8 Å². The van der Waals surface area contributed by atoms with Gasteiger partial charge in [0, 0.05) is 6.04 Å². The number of fused-ring (bicyclic) bond motifs is 1. The van der Waals surface area contributed by atoms with Gasteiger partial charge in [-0.1, -0.05) is 12.8 Å². The first-order valence-electron chi connectivity index (χ1n) is 4.49. The molecule has 2 unspecified atom stereocenters. The van der Waals surface area contributed by atoms with Gasteiger partial charge in [-0.3, -0.25) is 0 Å². The van der Waals surface area contributed by atoms with Crippen molar-refractivity contribution in [2.45, 2.75) is 31.7 Å². The molecule has 2 N–H and O–H groups in total. The van der Waals surface area contributed by atoms with E-state index in [0.29, 0.717) is 17.7 Å². The first-order valence-corrected chi connectivity index (χ1v) is 4.49. The van der Waals surface area contributed by atoms with Crippen LogP contribution in [0.3, 0.4) is 0 Å². The first-order chi connectivity index (χ1) is 5.77. The minimum absolute atomic E-state index is 0.407.